The zero-order chi connectivity index (χ0) is 12.0. The first-order valence-electron chi connectivity index (χ1n) is 5.48. The monoisotopic (exact) mass is 346 g/mol. The number of benzene rings is 1. The van der Waals surface area contributed by atoms with Crippen molar-refractivity contribution < 1.29 is 4.43 Å². The highest BCUT2D eigenvalue weighted by Gasteiger charge is 2.25. The van der Waals surface area contributed by atoms with Crippen molar-refractivity contribution in [2.24, 2.45) is 0 Å². The summed E-state index contributed by atoms with van der Waals surface area (Å²) >= 11 is 2.42. The summed E-state index contributed by atoms with van der Waals surface area (Å²) in [5, 5.41) is 0. The highest BCUT2D eigenvalue weighted by Crippen LogP contribution is 2.26. The molecule has 0 N–H and O–H groups in total. The fourth-order valence-electron chi connectivity index (χ4n) is 1.49. The van der Waals surface area contributed by atoms with Gasteiger partial charge in [0.15, 0.2) is 8.32 Å². The zero-order valence-electron chi connectivity index (χ0n) is 9.95. The minimum Gasteiger partial charge on any atom is -0.409 e. The average Bonchev–Trinajstić information content (AvgIpc) is 2.29. The van der Waals surface area contributed by atoms with Crippen LogP contribution in [0, 0.1) is 0 Å². The molecule has 16 heavy (non-hydrogen) atoms. The van der Waals surface area contributed by atoms with Gasteiger partial charge in [-0.25, -0.2) is 0 Å². The van der Waals surface area contributed by atoms with Crippen molar-refractivity contribution in [2.75, 3.05) is 4.05 Å². The molecule has 1 nitrogen and oxygen atoms in total. The maximum absolute atomic E-state index is 6.27. The molecule has 3 heteroatoms. The van der Waals surface area contributed by atoms with Crippen LogP contribution in [0.3, 0.4) is 0 Å². The molecule has 0 spiro atoms. The predicted octanol–water partition coefficient (Wildman–Crippen LogP) is 4.50. The van der Waals surface area contributed by atoms with Crippen LogP contribution >= 0.6 is 22.6 Å². The summed E-state index contributed by atoms with van der Waals surface area (Å²) in [6, 6.07) is 10.4. The lowest BCUT2D eigenvalue weighted by molar-refractivity contribution is 0.201. The van der Waals surface area contributed by atoms with Crippen molar-refractivity contribution in [1.29, 1.82) is 0 Å². The summed E-state index contributed by atoms with van der Waals surface area (Å²) in [4.78, 5) is 0. The molecule has 0 aromatic heterocycles. The van der Waals surface area contributed by atoms with E-state index in [0.29, 0.717) is 0 Å². The normalized spacial score (nSPS) is 13.4. The van der Waals surface area contributed by atoms with Crippen LogP contribution < -0.4 is 0 Å². The molecular weight excluding hydrogens is 327 g/mol. The maximum atomic E-state index is 6.27. The quantitative estimate of drug-likeness (QED) is 0.319. The van der Waals surface area contributed by atoms with Gasteiger partial charge in [-0.2, -0.15) is 0 Å². The fraction of sp³-hybridized carbons (Fsp3) is 0.385. The molecule has 0 bridgehead atoms. The van der Waals surface area contributed by atoms with Gasteiger partial charge in [-0.15, -0.1) is 6.58 Å². The van der Waals surface area contributed by atoms with Gasteiger partial charge in [0.05, 0.1) is 6.10 Å². The Morgan fingerprint density at radius 3 is 2.50 bits per heavy atom. The first-order valence-corrected chi connectivity index (χ1v) is 10.1. The van der Waals surface area contributed by atoms with Gasteiger partial charge < -0.3 is 4.43 Å². The van der Waals surface area contributed by atoms with Crippen molar-refractivity contribution >= 4 is 30.9 Å². The molecule has 1 aromatic carbocycles. The first kappa shape index (κ1) is 13.9. The van der Waals surface area contributed by atoms with Gasteiger partial charge in [0.1, 0.15) is 0 Å². The molecule has 0 aliphatic rings. The van der Waals surface area contributed by atoms with Gasteiger partial charge in [0.25, 0.3) is 0 Å². The van der Waals surface area contributed by atoms with E-state index in [-0.39, 0.29) is 6.10 Å². The molecule has 0 aliphatic heterocycles. The molecule has 88 valence electrons. The maximum Gasteiger partial charge on any atom is 0.197 e. The molecule has 0 saturated heterocycles. The van der Waals surface area contributed by atoms with Gasteiger partial charge in [-0.3, -0.25) is 0 Å². The van der Waals surface area contributed by atoms with E-state index in [1.807, 2.05) is 12.1 Å². The predicted molar refractivity (Wildman–Crippen MR) is 81.5 cm³/mol. The van der Waals surface area contributed by atoms with Crippen molar-refractivity contribution in [1.82, 2.24) is 0 Å². The highest BCUT2D eigenvalue weighted by atomic mass is 127. The Morgan fingerprint density at radius 2 is 2.00 bits per heavy atom. The number of halogens is 1. The minimum absolute atomic E-state index is 0.176. The molecule has 1 atom stereocenters. The third kappa shape index (κ3) is 4.39. The second kappa shape index (κ2) is 6.57. The Labute approximate surface area is 113 Å². The molecule has 0 saturated carbocycles. The summed E-state index contributed by atoms with van der Waals surface area (Å²) in [5.41, 5.74) is 1.26. The Kier molecular flexibility index (Phi) is 5.72. The summed E-state index contributed by atoms with van der Waals surface area (Å²) in [6.07, 6.45) is 3.00. The molecular formula is C13H19IOSi. The van der Waals surface area contributed by atoms with Gasteiger partial charge in [0.2, 0.25) is 0 Å². The Morgan fingerprint density at radius 1 is 1.38 bits per heavy atom. The van der Waals surface area contributed by atoms with Crippen LogP contribution in [-0.2, 0) is 4.43 Å². The highest BCUT2D eigenvalue weighted by molar-refractivity contribution is 14.1. The minimum atomic E-state index is -1.52. The molecule has 0 heterocycles. The molecule has 1 rings (SSSR count). The van der Waals surface area contributed by atoms with Crippen molar-refractivity contribution in [3.8, 4) is 0 Å². The average molecular weight is 346 g/mol. The van der Waals surface area contributed by atoms with Crippen LogP contribution in [0.25, 0.3) is 0 Å². The molecule has 1 aromatic rings. The van der Waals surface area contributed by atoms with Crippen molar-refractivity contribution in [2.45, 2.75) is 25.6 Å². The van der Waals surface area contributed by atoms with Gasteiger partial charge >= 0.3 is 0 Å². The van der Waals surface area contributed by atoms with E-state index in [4.69, 9.17) is 4.43 Å². The number of hydrogen-bond acceptors (Lipinski definition) is 1. The van der Waals surface area contributed by atoms with E-state index >= 15 is 0 Å². The topological polar surface area (TPSA) is 9.23 Å². The van der Waals surface area contributed by atoms with Crippen molar-refractivity contribution in [3.05, 3.63) is 48.6 Å². The summed E-state index contributed by atoms with van der Waals surface area (Å²) in [7, 11) is -1.52. The second-order valence-corrected chi connectivity index (χ2v) is 10.7. The van der Waals surface area contributed by atoms with Crippen LogP contribution in [0.15, 0.2) is 43.0 Å². The van der Waals surface area contributed by atoms with Crippen LogP contribution in [-0.4, -0.2) is 12.4 Å². The number of alkyl halides is 1. The third-order valence-corrected chi connectivity index (χ3v) is 9.41. The Hall–Kier alpha value is -0.133. The van der Waals surface area contributed by atoms with E-state index in [1.54, 1.807) is 0 Å². The van der Waals surface area contributed by atoms with Gasteiger partial charge in [0, 0.05) is 4.05 Å². The van der Waals surface area contributed by atoms with Gasteiger partial charge in [-0.05, 0) is 25.1 Å². The standard InChI is InChI=1S/C13H19IOSi/c1-4-8-13(15-16(2,3)11-14)12-9-6-5-7-10-12/h4-7,9-10,13H,1,8,11H2,2-3H3. The summed E-state index contributed by atoms with van der Waals surface area (Å²) < 4.78 is 7.39. The molecule has 0 aliphatic carbocycles. The van der Waals surface area contributed by atoms with Crippen LogP contribution in [0.5, 0.6) is 0 Å². The third-order valence-electron chi connectivity index (χ3n) is 2.34. The van der Waals surface area contributed by atoms with Crippen LogP contribution in [0.1, 0.15) is 18.1 Å². The lowest BCUT2D eigenvalue weighted by Gasteiger charge is -2.27. The molecule has 0 fully saturated rings. The molecule has 0 radical (unpaired) electrons. The number of rotatable bonds is 6. The van der Waals surface area contributed by atoms with Crippen LogP contribution in [0.2, 0.25) is 13.1 Å². The lowest BCUT2D eigenvalue weighted by Crippen LogP contribution is -2.34. The van der Waals surface area contributed by atoms with Gasteiger partial charge in [-0.1, -0.05) is 59.0 Å². The SMILES string of the molecule is C=CCC(O[Si](C)(C)CI)c1ccccc1. The van der Waals surface area contributed by atoms with Crippen LogP contribution in [0.4, 0.5) is 0 Å². The smallest absolute Gasteiger partial charge is 0.197 e. The zero-order valence-corrected chi connectivity index (χ0v) is 13.1. The number of hydrogen-bond donors (Lipinski definition) is 0. The first-order chi connectivity index (χ1) is 7.59. The van der Waals surface area contributed by atoms with E-state index < -0.39 is 8.32 Å². The van der Waals surface area contributed by atoms with E-state index in [0.717, 1.165) is 10.5 Å². The fourth-order valence-corrected chi connectivity index (χ4v) is 3.09. The Bertz CT molecular complexity index is 324. The Balaban J connectivity index is 2.80. The summed E-state index contributed by atoms with van der Waals surface area (Å²) in [5.74, 6) is 0. The van der Waals surface area contributed by atoms with Crippen molar-refractivity contribution in [3.63, 3.8) is 0 Å². The molecule has 1 unspecified atom stereocenters. The van der Waals surface area contributed by atoms with E-state index in [9.17, 15) is 0 Å². The largest absolute Gasteiger partial charge is 0.409 e. The van der Waals surface area contributed by atoms with E-state index in [2.05, 4.69) is 66.5 Å². The molecule has 0 amide bonds. The lowest BCUT2D eigenvalue weighted by atomic mass is 10.1. The summed E-state index contributed by atoms with van der Waals surface area (Å²) in [6.45, 7) is 8.34. The second-order valence-electron chi connectivity index (χ2n) is 4.43. The van der Waals surface area contributed by atoms with E-state index in [1.165, 1.54) is 5.56 Å².